The third-order valence-corrected chi connectivity index (χ3v) is 4.30. The molecule has 150 valence electrons. The van der Waals surface area contributed by atoms with Gasteiger partial charge in [0.25, 0.3) is 0 Å². The molecule has 0 spiro atoms. The van der Waals surface area contributed by atoms with Crippen molar-refractivity contribution >= 4 is 23.2 Å². The quantitative estimate of drug-likeness (QED) is 0.734. The van der Waals surface area contributed by atoms with E-state index in [1.54, 1.807) is 14.2 Å². The van der Waals surface area contributed by atoms with Crippen molar-refractivity contribution in [1.82, 2.24) is 0 Å². The van der Waals surface area contributed by atoms with Crippen LogP contribution < -0.4 is 20.1 Å². The van der Waals surface area contributed by atoms with Crippen molar-refractivity contribution < 1.29 is 19.1 Å². The Balaban J connectivity index is 2.34. The molecule has 0 aromatic heterocycles. The Hall–Kier alpha value is -3.02. The summed E-state index contributed by atoms with van der Waals surface area (Å²) in [6.07, 6.45) is 0. The van der Waals surface area contributed by atoms with Gasteiger partial charge >= 0.3 is 0 Å². The molecule has 0 aliphatic rings. The first-order valence-corrected chi connectivity index (χ1v) is 9.25. The van der Waals surface area contributed by atoms with Crippen LogP contribution in [0.3, 0.4) is 0 Å². The van der Waals surface area contributed by atoms with Crippen molar-refractivity contribution in [3.8, 4) is 22.6 Å². The summed E-state index contributed by atoms with van der Waals surface area (Å²) in [6, 6.07) is 11.2. The second-order valence-electron chi connectivity index (χ2n) is 7.12. The molecule has 2 amide bonds. The first-order valence-electron chi connectivity index (χ1n) is 9.25. The first kappa shape index (κ1) is 21.3. The van der Waals surface area contributed by atoms with Crippen LogP contribution in [0.15, 0.2) is 36.4 Å². The minimum Gasteiger partial charge on any atom is -0.495 e. The fourth-order valence-corrected chi connectivity index (χ4v) is 2.50. The van der Waals surface area contributed by atoms with Crippen LogP contribution in [0.5, 0.6) is 11.5 Å². The van der Waals surface area contributed by atoms with E-state index < -0.39 is 0 Å². The van der Waals surface area contributed by atoms with Crippen LogP contribution in [0, 0.1) is 11.8 Å². The molecule has 2 aromatic rings. The molecule has 6 nitrogen and oxygen atoms in total. The van der Waals surface area contributed by atoms with Gasteiger partial charge in [-0.2, -0.15) is 0 Å². The molecule has 0 radical (unpaired) electrons. The lowest BCUT2D eigenvalue weighted by Gasteiger charge is -2.15. The third-order valence-electron chi connectivity index (χ3n) is 4.30. The summed E-state index contributed by atoms with van der Waals surface area (Å²) >= 11 is 0. The summed E-state index contributed by atoms with van der Waals surface area (Å²) in [5.74, 6) is 0.755. The third kappa shape index (κ3) is 5.03. The first-order chi connectivity index (χ1) is 13.3. The maximum atomic E-state index is 12.0. The number of anilines is 2. The zero-order chi connectivity index (χ0) is 20.8. The number of ether oxygens (including phenoxy) is 2. The second kappa shape index (κ2) is 9.26. The van der Waals surface area contributed by atoms with Gasteiger partial charge in [-0.3, -0.25) is 9.59 Å². The Morgan fingerprint density at radius 1 is 0.714 bits per heavy atom. The maximum Gasteiger partial charge on any atom is 0.227 e. The van der Waals surface area contributed by atoms with Crippen LogP contribution in [0.2, 0.25) is 0 Å². The van der Waals surface area contributed by atoms with Gasteiger partial charge in [0.05, 0.1) is 25.6 Å². The van der Waals surface area contributed by atoms with Crippen molar-refractivity contribution in [3.05, 3.63) is 36.4 Å². The summed E-state index contributed by atoms with van der Waals surface area (Å²) in [6.45, 7) is 7.34. The number of methoxy groups -OCH3 is 2. The lowest BCUT2D eigenvalue weighted by Crippen LogP contribution is -2.18. The van der Waals surface area contributed by atoms with Gasteiger partial charge in [0.15, 0.2) is 0 Å². The van der Waals surface area contributed by atoms with E-state index in [0.29, 0.717) is 22.9 Å². The zero-order valence-electron chi connectivity index (χ0n) is 17.3. The number of benzene rings is 2. The van der Waals surface area contributed by atoms with Gasteiger partial charge in [0.1, 0.15) is 11.5 Å². The van der Waals surface area contributed by atoms with Crippen molar-refractivity contribution in [2.75, 3.05) is 24.9 Å². The molecule has 2 N–H and O–H groups in total. The molecule has 0 aliphatic carbocycles. The largest absolute Gasteiger partial charge is 0.495 e. The highest BCUT2D eigenvalue weighted by Gasteiger charge is 2.14. The number of carbonyl (C=O) groups is 2. The molecule has 28 heavy (non-hydrogen) atoms. The molecule has 0 unspecified atom stereocenters. The van der Waals surface area contributed by atoms with Crippen LogP contribution in [-0.2, 0) is 9.59 Å². The Labute approximate surface area is 166 Å². The molecule has 0 saturated heterocycles. The van der Waals surface area contributed by atoms with Crippen molar-refractivity contribution in [2.45, 2.75) is 27.7 Å². The van der Waals surface area contributed by atoms with Crippen LogP contribution >= 0.6 is 0 Å². The topological polar surface area (TPSA) is 76.7 Å². The zero-order valence-corrected chi connectivity index (χ0v) is 17.3. The maximum absolute atomic E-state index is 12.0. The number of amides is 2. The molecule has 0 heterocycles. The molecule has 0 fully saturated rings. The lowest BCUT2D eigenvalue weighted by atomic mass is 10.0. The van der Waals surface area contributed by atoms with Gasteiger partial charge in [-0.15, -0.1) is 0 Å². The van der Waals surface area contributed by atoms with E-state index in [1.165, 1.54) is 0 Å². The van der Waals surface area contributed by atoms with Crippen LogP contribution in [0.25, 0.3) is 11.1 Å². The van der Waals surface area contributed by atoms with Crippen LogP contribution in [0.1, 0.15) is 27.7 Å². The minimum absolute atomic E-state index is 0.0713. The fraction of sp³-hybridized carbons (Fsp3) is 0.364. The molecule has 6 heteroatoms. The van der Waals surface area contributed by atoms with Gasteiger partial charge in [0.2, 0.25) is 11.8 Å². The number of hydrogen-bond donors (Lipinski definition) is 2. The summed E-state index contributed by atoms with van der Waals surface area (Å²) in [5.41, 5.74) is 3.05. The summed E-state index contributed by atoms with van der Waals surface area (Å²) in [4.78, 5) is 23.9. The van der Waals surface area contributed by atoms with E-state index in [2.05, 4.69) is 10.6 Å². The monoisotopic (exact) mass is 384 g/mol. The number of carbonyl (C=O) groups excluding carboxylic acids is 2. The van der Waals surface area contributed by atoms with Crippen molar-refractivity contribution in [3.63, 3.8) is 0 Å². The highest BCUT2D eigenvalue weighted by molar-refractivity contribution is 5.95. The summed E-state index contributed by atoms with van der Waals surface area (Å²) < 4.78 is 10.9. The minimum atomic E-state index is -0.123. The predicted octanol–water partition coefficient (Wildman–Crippen LogP) is 4.56. The lowest BCUT2D eigenvalue weighted by molar-refractivity contribution is -0.119. The van der Waals surface area contributed by atoms with E-state index in [9.17, 15) is 9.59 Å². The predicted molar refractivity (Wildman–Crippen MR) is 112 cm³/mol. The molecule has 0 bridgehead atoms. The highest BCUT2D eigenvalue weighted by Crippen LogP contribution is 2.35. The van der Waals surface area contributed by atoms with Gasteiger partial charge in [-0.05, 0) is 35.4 Å². The normalized spacial score (nSPS) is 10.7. The molecular weight excluding hydrogens is 356 g/mol. The molecule has 2 aromatic carbocycles. The van der Waals surface area contributed by atoms with Crippen LogP contribution in [-0.4, -0.2) is 26.0 Å². The number of rotatable bonds is 7. The molecule has 0 aliphatic heterocycles. The standard InChI is InChI=1S/C22H28N2O4/c1-13(2)21(25)23-17-9-7-15(11-19(17)27-5)16-8-10-18(20(12-16)28-6)24-22(26)14(3)4/h7-14H,1-6H3,(H,23,25)(H,24,26). The number of nitrogens with one attached hydrogen (secondary N) is 2. The van der Waals surface area contributed by atoms with Gasteiger partial charge < -0.3 is 20.1 Å². The van der Waals surface area contributed by atoms with E-state index in [1.807, 2.05) is 64.1 Å². The fourth-order valence-electron chi connectivity index (χ4n) is 2.50. The molecule has 0 saturated carbocycles. The van der Waals surface area contributed by atoms with Crippen molar-refractivity contribution in [1.29, 1.82) is 0 Å². The highest BCUT2D eigenvalue weighted by atomic mass is 16.5. The summed E-state index contributed by atoms with van der Waals surface area (Å²) in [5, 5.41) is 5.73. The van der Waals surface area contributed by atoms with Gasteiger partial charge in [0, 0.05) is 11.8 Å². The van der Waals surface area contributed by atoms with Gasteiger partial charge in [-0.25, -0.2) is 0 Å². The average Bonchev–Trinajstić information content (AvgIpc) is 2.68. The van der Waals surface area contributed by atoms with E-state index in [0.717, 1.165) is 11.1 Å². The number of hydrogen-bond acceptors (Lipinski definition) is 4. The van der Waals surface area contributed by atoms with E-state index in [4.69, 9.17) is 9.47 Å². The van der Waals surface area contributed by atoms with E-state index >= 15 is 0 Å². The second-order valence-corrected chi connectivity index (χ2v) is 7.12. The summed E-state index contributed by atoms with van der Waals surface area (Å²) in [7, 11) is 3.13. The molecule has 2 rings (SSSR count). The molecule has 0 atom stereocenters. The van der Waals surface area contributed by atoms with Crippen LogP contribution in [0.4, 0.5) is 11.4 Å². The molecular formula is C22H28N2O4. The van der Waals surface area contributed by atoms with Crippen molar-refractivity contribution in [2.24, 2.45) is 11.8 Å². The SMILES string of the molecule is COc1cc(-c2ccc(NC(=O)C(C)C)c(OC)c2)ccc1NC(=O)C(C)C. The average molecular weight is 384 g/mol. The van der Waals surface area contributed by atoms with Gasteiger partial charge in [-0.1, -0.05) is 39.8 Å². The van der Waals surface area contributed by atoms with E-state index in [-0.39, 0.29) is 23.7 Å². The Bertz CT molecular complexity index is 788. The Morgan fingerprint density at radius 3 is 1.36 bits per heavy atom. The Morgan fingerprint density at radius 2 is 1.07 bits per heavy atom. The smallest absolute Gasteiger partial charge is 0.227 e. The Kier molecular flexibility index (Phi) is 7.04.